The highest BCUT2D eigenvalue weighted by Gasteiger charge is 2.14. The molecule has 0 aliphatic heterocycles. The molecule has 2 aromatic rings. The van der Waals surface area contributed by atoms with Crippen LogP contribution in [0.3, 0.4) is 0 Å². The molecule has 8 nitrogen and oxygen atoms in total. The molecule has 0 aliphatic carbocycles. The Hall–Kier alpha value is -2.43. The molecule has 0 bridgehead atoms. The Morgan fingerprint density at radius 3 is 2.46 bits per heavy atom. The lowest BCUT2D eigenvalue weighted by Crippen LogP contribution is -2.27. The summed E-state index contributed by atoms with van der Waals surface area (Å²) in [7, 11) is -2.17. The van der Waals surface area contributed by atoms with Gasteiger partial charge >= 0.3 is 0 Å². The van der Waals surface area contributed by atoms with Crippen molar-refractivity contribution in [2.45, 2.75) is 11.3 Å². The van der Waals surface area contributed by atoms with Crippen molar-refractivity contribution in [1.82, 2.24) is 10.0 Å². The molecule has 150 valence electrons. The zero-order valence-electron chi connectivity index (χ0n) is 15.1. The predicted molar refractivity (Wildman–Crippen MR) is 109 cm³/mol. The van der Waals surface area contributed by atoms with Crippen LogP contribution in [0.2, 0.25) is 0 Å². The lowest BCUT2D eigenvalue weighted by Gasteiger charge is -2.09. The molecule has 0 atom stereocenters. The summed E-state index contributed by atoms with van der Waals surface area (Å²) in [5, 5.41) is 5.10. The normalized spacial score (nSPS) is 10.9. The Labute approximate surface area is 171 Å². The molecule has 2 amide bonds. The summed E-state index contributed by atoms with van der Waals surface area (Å²) in [5.74, 6) is -0.202. The molecule has 0 radical (unpaired) electrons. The van der Waals surface area contributed by atoms with E-state index in [4.69, 9.17) is 4.74 Å². The first-order chi connectivity index (χ1) is 13.3. The minimum atomic E-state index is -3.68. The number of hydrogen-bond donors (Lipinski definition) is 3. The van der Waals surface area contributed by atoms with Crippen LogP contribution in [0.25, 0.3) is 0 Å². The van der Waals surface area contributed by atoms with Gasteiger partial charge < -0.3 is 15.4 Å². The van der Waals surface area contributed by atoms with Gasteiger partial charge in [-0.15, -0.1) is 0 Å². The van der Waals surface area contributed by atoms with Crippen molar-refractivity contribution in [2.24, 2.45) is 0 Å². The number of carbonyl (C=O) groups excluding carboxylic acids is 2. The van der Waals surface area contributed by atoms with Crippen LogP contribution in [0.4, 0.5) is 5.69 Å². The summed E-state index contributed by atoms with van der Waals surface area (Å²) in [5.41, 5.74) is 0.482. The number of anilines is 1. The van der Waals surface area contributed by atoms with E-state index in [2.05, 4.69) is 31.3 Å². The van der Waals surface area contributed by atoms with E-state index in [0.717, 1.165) is 4.47 Å². The SMILES string of the molecule is CNC(=O)COc1cccc(NC(=O)CCNS(=O)(=O)c2ccc(Br)cc2)c1. The fourth-order valence-electron chi connectivity index (χ4n) is 2.10. The molecular weight excluding hydrogens is 450 g/mol. The van der Waals surface area contributed by atoms with Gasteiger partial charge in [0, 0.05) is 36.2 Å². The maximum Gasteiger partial charge on any atom is 0.257 e. The van der Waals surface area contributed by atoms with Gasteiger partial charge in [-0.2, -0.15) is 0 Å². The maximum absolute atomic E-state index is 12.2. The van der Waals surface area contributed by atoms with Crippen molar-refractivity contribution >= 4 is 43.5 Å². The molecule has 2 rings (SSSR count). The van der Waals surface area contributed by atoms with E-state index in [1.54, 1.807) is 36.4 Å². The Bertz CT molecular complexity index is 932. The standard InChI is InChI=1S/C18H20BrN3O5S/c1-20-18(24)12-27-15-4-2-3-14(11-15)22-17(23)9-10-21-28(25,26)16-7-5-13(19)6-8-16/h2-8,11,21H,9-10,12H2,1H3,(H,20,24)(H,22,23). The number of likely N-dealkylation sites (N-methyl/N-ethyl adjacent to an activating group) is 1. The van der Waals surface area contributed by atoms with Gasteiger partial charge in [0.2, 0.25) is 15.9 Å². The van der Waals surface area contributed by atoms with Gasteiger partial charge in [0.05, 0.1) is 4.90 Å². The second-order valence-corrected chi connectivity index (χ2v) is 8.32. The summed E-state index contributed by atoms with van der Waals surface area (Å²) in [4.78, 5) is 23.4. The fraction of sp³-hybridized carbons (Fsp3) is 0.222. The highest BCUT2D eigenvalue weighted by molar-refractivity contribution is 9.10. The molecule has 0 aromatic heterocycles. The molecule has 0 fully saturated rings. The average molecular weight is 470 g/mol. The van der Waals surface area contributed by atoms with Crippen molar-refractivity contribution in [1.29, 1.82) is 0 Å². The number of nitrogens with one attached hydrogen (secondary N) is 3. The Kier molecular flexibility index (Phi) is 7.97. The first-order valence-electron chi connectivity index (χ1n) is 8.29. The first-order valence-corrected chi connectivity index (χ1v) is 10.6. The van der Waals surface area contributed by atoms with E-state index in [1.807, 2.05) is 0 Å². The number of ether oxygens (including phenoxy) is 1. The van der Waals surface area contributed by atoms with Crippen molar-refractivity contribution in [3.8, 4) is 5.75 Å². The minimum absolute atomic E-state index is 0.0426. The number of amides is 2. The van der Waals surface area contributed by atoms with Crippen molar-refractivity contribution in [3.05, 3.63) is 53.0 Å². The smallest absolute Gasteiger partial charge is 0.257 e. The molecule has 0 heterocycles. The number of benzene rings is 2. The number of halogens is 1. The predicted octanol–water partition coefficient (Wildman–Crippen LogP) is 1.88. The van der Waals surface area contributed by atoms with Crippen LogP contribution in [0.5, 0.6) is 5.75 Å². The largest absolute Gasteiger partial charge is 0.484 e. The summed E-state index contributed by atoms with van der Waals surface area (Å²) < 4.78 is 32.8. The molecule has 0 unspecified atom stereocenters. The molecular formula is C18H20BrN3O5S. The van der Waals surface area contributed by atoms with Crippen LogP contribution >= 0.6 is 15.9 Å². The molecule has 0 spiro atoms. The number of hydrogen-bond acceptors (Lipinski definition) is 5. The van der Waals surface area contributed by atoms with Gasteiger partial charge in [-0.3, -0.25) is 9.59 Å². The topological polar surface area (TPSA) is 114 Å². The van der Waals surface area contributed by atoms with Crippen molar-refractivity contribution in [2.75, 3.05) is 25.5 Å². The molecule has 3 N–H and O–H groups in total. The molecule has 10 heteroatoms. The van der Waals surface area contributed by atoms with Gasteiger partial charge in [0.25, 0.3) is 5.91 Å². The minimum Gasteiger partial charge on any atom is -0.484 e. The lowest BCUT2D eigenvalue weighted by molar-refractivity contribution is -0.122. The van der Waals surface area contributed by atoms with E-state index in [-0.39, 0.29) is 36.3 Å². The second-order valence-electron chi connectivity index (χ2n) is 5.64. The van der Waals surface area contributed by atoms with Crippen molar-refractivity contribution < 1.29 is 22.7 Å². The molecule has 0 saturated heterocycles. The number of carbonyl (C=O) groups is 2. The van der Waals surface area contributed by atoms with Gasteiger partial charge in [-0.1, -0.05) is 22.0 Å². The second kappa shape index (κ2) is 10.2. The maximum atomic E-state index is 12.2. The zero-order chi connectivity index (χ0) is 20.6. The van der Waals surface area contributed by atoms with E-state index in [1.165, 1.54) is 19.2 Å². The summed E-state index contributed by atoms with van der Waals surface area (Å²) in [6.07, 6.45) is -0.0426. The Balaban J connectivity index is 1.84. The first kappa shape index (κ1) is 21.9. The van der Waals surface area contributed by atoms with Crippen molar-refractivity contribution in [3.63, 3.8) is 0 Å². The molecule has 2 aromatic carbocycles. The lowest BCUT2D eigenvalue weighted by atomic mass is 10.3. The zero-order valence-corrected chi connectivity index (χ0v) is 17.5. The Morgan fingerprint density at radius 1 is 1.07 bits per heavy atom. The van der Waals surface area contributed by atoms with Crippen LogP contribution < -0.4 is 20.1 Å². The number of rotatable bonds is 9. The van der Waals surface area contributed by atoms with Gasteiger partial charge in [-0.25, -0.2) is 13.1 Å². The summed E-state index contributed by atoms with van der Waals surface area (Å²) >= 11 is 3.24. The van der Waals surface area contributed by atoms with Gasteiger partial charge in [-0.05, 0) is 36.4 Å². The summed E-state index contributed by atoms with van der Waals surface area (Å²) in [6, 6.07) is 12.8. The average Bonchev–Trinajstić information content (AvgIpc) is 2.66. The fourth-order valence-corrected chi connectivity index (χ4v) is 3.40. The third-order valence-electron chi connectivity index (χ3n) is 3.53. The van der Waals surface area contributed by atoms with E-state index < -0.39 is 10.0 Å². The van der Waals surface area contributed by atoms with Gasteiger partial charge in [0.1, 0.15) is 5.75 Å². The monoisotopic (exact) mass is 469 g/mol. The highest BCUT2D eigenvalue weighted by atomic mass is 79.9. The van der Waals surface area contributed by atoms with Crippen LogP contribution in [0.1, 0.15) is 6.42 Å². The highest BCUT2D eigenvalue weighted by Crippen LogP contribution is 2.18. The molecule has 28 heavy (non-hydrogen) atoms. The Morgan fingerprint density at radius 2 is 1.79 bits per heavy atom. The molecule has 0 saturated carbocycles. The van der Waals surface area contributed by atoms with Crippen LogP contribution in [0.15, 0.2) is 57.9 Å². The van der Waals surface area contributed by atoms with Crippen LogP contribution in [-0.4, -0.2) is 40.4 Å². The van der Waals surface area contributed by atoms with E-state index >= 15 is 0 Å². The quantitative estimate of drug-likeness (QED) is 0.518. The van der Waals surface area contributed by atoms with E-state index in [9.17, 15) is 18.0 Å². The summed E-state index contributed by atoms with van der Waals surface area (Å²) in [6.45, 7) is -0.178. The number of sulfonamides is 1. The molecule has 0 aliphatic rings. The van der Waals surface area contributed by atoms with Crippen LogP contribution in [-0.2, 0) is 19.6 Å². The third-order valence-corrected chi connectivity index (χ3v) is 5.54. The third kappa shape index (κ3) is 6.95. The van der Waals surface area contributed by atoms with E-state index in [0.29, 0.717) is 11.4 Å². The van der Waals surface area contributed by atoms with Gasteiger partial charge in [0.15, 0.2) is 6.61 Å². The van der Waals surface area contributed by atoms with Crippen LogP contribution in [0, 0.1) is 0 Å².